The van der Waals surface area contributed by atoms with Crippen LogP contribution in [-0.2, 0) is 0 Å². The van der Waals surface area contributed by atoms with Gasteiger partial charge in [-0.25, -0.2) is 0 Å². The van der Waals surface area contributed by atoms with Gasteiger partial charge in [-0.15, -0.1) is 0 Å². The fourth-order valence-corrected chi connectivity index (χ4v) is 8.31. The second-order valence-electron chi connectivity index (χ2n) is 13.3. The Morgan fingerprint density at radius 1 is 0.275 bits per heavy atom. The van der Waals surface area contributed by atoms with Crippen molar-refractivity contribution in [1.29, 1.82) is 0 Å². The number of rotatable bonds is 4. The summed E-state index contributed by atoms with van der Waals surface area (Å²) in [6.07, 6.45) is 3.74. The molecule has 0 aliphatic rings. The second kappa shape index (κ2) is 10.8. The lowest BCUT2D eigenvalue weighted by atomic mass is 10.0. The Bertz CT molecular complexity index is 3070. The highest BCUT2D eigenvalue weighted by molar-refractivity contribution is 6.14. The van der Waals surface area contributed by atoms with Crippen LogP contribution in [0.1, 0.15) is 0 Å². The van der Waals surface area contributed by atoms with Crippen molar-refractivity contribution in [3.05, 3.63) is 182 Å². The quantitative estimate of drug-likeness (QED) is 0.186. The zero-order valence-corrected chi connectivity index (χ0v) is 27.6. The van der Waals surface area contributed by atoms with Gasteiger partial charge in [0.2, 0.25) is 0 Å². The molecule has 0 aliphatic carbocycles. The number of nitrogens with zero attached hydrogens (tertiary/aromatic N) is 4. The molecule has 11 rings (SSSR count). The minimum atomic E-state index is 1.09. The summed E-state index contributed by atoms with van der Waals surface area (Å²) in [6, 6.07) is 61.7. The van der Waals surface area contributed by atoms with Gasteiger partial charge < -0.3 is 13.7 Å². The molecule has 4 aromatic heterocycles. The molecule has 0 radical (unpaired) electrons. The van der Waals surface area contributed by atoms with Crippen molar-refractivity contribution < 1.29 is 0 Å². The predicted molar refractivity (Wildman–Crippen MR) is 213 cm³/mol. The maximum atomic E-state index is 4.32. The van der Waals surface area contributed by atoms with E-state index in [0.717, 1.165) is 11.4 Å². The van der Waals surface area contributed by atoms with Crippen molar-refractivity contribution in [2.24, 2.45) is 0 Å². The molecule has 238 valence electrons. The highest BCUT2D eigenvalue weighted by atomic mass is 15.0. The lowest BCUT2D eigenvalue weighted by molar-refractivity contribution is 1.15. The molecule has 0 saturated heterocycles. The van der Waals surface area contributed by atoms with Crippen molar-refractivity contribution in [3.63, 3.8) is 0 Å². The molecule has 51 heavy (non-hydrogen) atoms. The highest BCUT2D eigenvalue weighted by Gasteiger charge is 2.18. The fourth-order valence-electron chi connectivity index (χ4n) is 8.31. The van der Waals surface area contributed by atoms with E-state index in [9.17, 15) is 0 Å². The molecule has 0 spiro atoms. The van der Waals surface area contributed by atoms with Crippen LogP contribution in [0.3, 0.4) is 0 Å². The van der Waals surface area contributed by atoms with Crippen molar-refractivity contribution in [3.8, 4) is 28.2 Å². The average molecular weight is 651 g/mol. The van der Waals surface area contributed by atoms with Crippen molar-refractivity contribution in [2.45, 2.75) is 0 Å². The number of pyridine rings is 1. The predicted octanol–water partition coefficient (Wildman–Crippen LogP) is 12.0. The van der Waals surface area contributed by atoms with E-state index in [2.05, 4.69) is 189 Å². The van der Waals surface area contributed by atoms with Gasteiger partial charge in [0.25, 0.3) is 0 Å². The minimum Gasteiger partial charge on any atom is -0.309 e. The third kappa shape index (κ3) is 4.11. The van der Waals surface area contributed by atoms with E-state index in [1.54, 1.807) is 0 Å². The molecule has 11 aromatic rings. The van der Waals surface area contributed by atoms with Gasteiger partial charge in [-0.1, -0.05) is 84.9 Å². The maximum Gasteiger partial charge on any atom is 0.0542 e. The van der Waals surface area contributed by atoms with Crippen LogP contribution in [0.4, 0.5) is 0 Å². The molecule has 0 unspecified atom stereocenters. The maximum absolute atomic E-state index is 4.32. The van der Waals surface area contributed by atoms with Crippen LogP contribution in [0, 0.1) is 0 Å². The lowest BCUT2D eigenvalue weighted by Crippen LogP contribution is -1.95. The van der Waals surface area contributed by atoms with Crippen LogP contribution < -0.4 is 0 Å². The van der Waals surface area contributed by atoms with Gasteiger partial charge in [-0.05, 0) is 96.1 Å². The monoisotopic (exact) mass is 650 g/mol. The van der Waals surface area contributed by atoms with Crippen LogP contribution in [-0.4, -0.2) is 18.7 Å². The summed E-state index contributed by atoms with van der Waals surface area (Å²) in [5, 5.41) is 7.46. The van der Waals surface area contributed by atoms with E-state index in [1.165, 1.54) is 82.2 Å². The fraction of sp³-hybridized carbons (Fsp3) is 0. The second-order valence-corrected chi connectivity index (χ2v) is 13.3. The molecule has 0 N–H and O–H groups in total. The smallest absolute Gasteiger partial charge is 0.0542 e. The Balaban J connectivity index is 1.16. The number of hydrogen-bond donors (Lipinski definition) is 0. The molecule has 0 fully saturated rings. The van der Waals surface area contributed by atoms with Gasteiger partial charge in [0.15, 0.2) is 0 Å². The summed E-state index contributed by atoms with van der Waals surface area (Å²) in [7, 11) is 0. The molecular weight excluding hydrogens is 621 g/mol. The molecule has 0 amide bonds. The first kappa shape index (κ1) is 28.0. The summed E-state index contributed by atoms with van der Waals surface area (Å²) in [5.74, 6) is 0. The highest BCUT2D eigenvalue weighted by Crippen LogP contribution is 2.40. The molecule has 0 bridgehead atoms. The summed E-state index contributed by atoms with van der Waals surface area (Å²) in [5.41, 5.74) is 13.0. The van der Waals surface area contributed by atoms with Crippen molar-refractivity contribution in [1.82, 2.24) is 18.7 Å². The van der Waals surface area contributed by atoms with E-state index in [1.807, 2.05) is 12.4 Å². The summed E-state index contributed by atoms with van der Waals surface area (Å²) in [6.45, 7) is 0. The first-order valence-corrected chi connectivity index (χ1v) is 17.4. The third-order valence-corrected chi connectivity index (χ3v) is 10.5. The van der Waals surface area contributed by atoms with Gasteiger partial charge in [0.1, 0.15) is 0 Å². The number of fused-ring (bicyclic) bond motifs is 9. The summed E-state index contributed by atoms with van der Waals surface area (Å²) >= 11 is 0. The van der Waals surface area contributed by atoms with Gasteiger partial charge in [0.05, 0.1) is 33.1 Å². The Morgan fingerprint density at radius 3 is 1.24 bits per heavy atom. The topological polar surface area (TPSA) is 27.7 Å². The SMILES string of the molecule is c1ccc(-n2c3ccccc3c3cc(-c4ccc5c(c4)c4cc(-n6c7ccccc7c7ccccc76)ccc4n5-c4ccncc4)ccc32)cc1. The van der Waals surface area contributed by atoms with Gasteiger partial charge >= 0.3 is 0 Å². The Kier molecular flexibility index (Phi) is 5.92. The molecule has 0 aliphatic heterocycles. The first-order valence-electron chi connectivity index (χ1n) is 17.4. The van der Waals surface area contributed by atoms with Crippen LogP contribution in [0.25, 0.3) is 93.6 Å². The molecule has 4 heterocycles. The summed E-state index contributed by atoms with van der Waals surface area (Å²) < 4.78 is 7.14. The number of benzene rings is 7. The van der Waals surface area contributed by atoms with Gasteiger partial charge in [0, 0.05) is 61.8 Å². The first-order chi connectivity index (χ1) is 25.3. The van der Waals surface area contributed by atoms with Gasteiger partial charge in [-0.2, -0.15) is 0 Å². The standard InChI is InChI=1S/C47H30N4/c1-2-10-33(11-3-1)49-44-17-9-6-14-38(44)39-28-31(18-21-45(39)49)32-19-22-46-40(29-32)41-30-35(20-23-47(41)50(46)34-24-26-48-27-25-34)51-42-15-7-4-12-36(42)37-13-5-8-16-43(37)51/h1-30H. The van der Waals surface area contributed by atoms with E-state index in [4.69, 9.17) is 0 Å². The van der Waals surface area contributed by atoms with Crippen LogP contribution in [0.15, 0.2) is 182 Å². The van der Waals surface area contributed by atoms with Crippen LogP contribution in [0.5, 0.6) is 0 Å². The molecular formula is C47H30N4. The van der Waals surface area contributed by atoms with E-state index >= 15 is 0 Å². The number of para-hydroxylation sites is 4. The Hall–Kier alpha value is -6.91. The van der Waals surface area contributed by atoms with E-state index in [0.29, 0.717) is 0 Å². The van der Waals surface area contributed by atoms with E-state index in [-0.39, 0.29) is 0 Å². The zero-order chi connectivity index (χ0) is 33.5. The van der Waals surface area contributed by atoms with Crippen molar-refractivity contribution >= 4 is 65.4 Å². The van der Waals surface area contributed by atoms with E-state index < -0.39 is 0 Å². The molecule has 4 heteroatoms. The normalized spacial score (nSPS) is 11.9. The zero-order valence-electron chi connectivity index (χ0n) is 27.6. The summed E-state index contributed by atoms with van der Waals surface area (Å²) in [4.78, 5) is 4.32. The third-order valence-electron chi connectivity index (χ3n) is 10.5. The minimum absolute atomic E-state index is 1.09. The van der Waals surface area contributed by atoms with Crippen LogP contribution in [0.2, 0.25) is 0 Å². The largest absolute Gasteiger partial charge is 0.309 e. The average Bonchev–Trinajstić information content (AvgIpc) is 3.83. The Morgan fingerprint density at radius 2 is 0.667 bits per heavy atom. The Labute approximate surface area is 293 Å². The molecule has 0 atom stereocenters. The lowest BCUT2D eigenvalue weighted by Gasteiger charge is -2.10. The van der Waals surface area contributed by atoms with Crippen molar-refractivity contribution in [2.75, 3.05) is 0 Å². The molecule has 4 nitrogen and oxygen atoms in total. The van der Waals surface area contributed by atoms with Crippen LogP contribution >= 0.6 is 0 Å². The van der Waals surface area contributed by atoms with Gasteiger partial charge in [-0.3, -0.25) is 4.98 Å². The number of hydrogen-bond acceptors (Lipinski definition) is 1. The molecule has 0 saturated carbocycles. The number of aromatic nitrogens is 4. The molecule has 7 aromatic carbocycles.